The van der Waals surface area contributed by atoms with E-state index in [4.69, 9.17) is 10.2 Å². The molecule has 2 N–H and O–H groups in total. The molecule has 0 aliphatic heterocycles. The molecule has 0 unspecified atom stereocenters. The standard InChI is InChI=1S/C10H9N3O2/c1-6-2-3-9(15-6)8-4-7(5-14)12-10(11)13-8/h2-5H,1H3,(H2,11,12,13). The zero-order chi connectivity index (χ0) is 10.8. The van der Waals surface area contributed by atoms with Gasteiger partial charge in [0.25, 0.3) is 0 Å². The van der Waals surface area contributed by atoms with Gasteiger partial charge in [-0.2, -0.15) is 0 Å². The lowest BCUT2D eigenvalue weighted by molar-refractivity contribution is 0.111. The van der Waals surface area contributed by atoms with Gasteiger partial charge in [0.15, 0.2) is 12.0 Å². The Bertz CT molecular complexity index is 505. The summed E-state index contributed by atoms with van der Waals surface area (Å²) in [6, 6.07) is 5.11. The van der Waals surface area contributed by atoms with Gasteiger partial charge in [-0.1, -0.05) is 0 Å². The minimum Gasteiger partial charge on any atom is -0.460 e. The van der Waals surface area contributed by atoms with Crippen LogP contribution in [-0.4, -0.2) is 16.3 Å². The normalized spacial score (nSPS) is 10.2. The Balaban J connectivity index is 2.52. The van der Waals surface area contributed by atoms with E-state index >= 15 is 0 Å². The van der Waals surface area contributed by atoms with Crippen molar-refractivity contribution in [2.24, 2.45) is 0 Å². The van der Waals surface area contributed by atoms with Crippen molar-refractivity contribution in [2.75, 3.05) is 5.73 Å². The van der Waals surface area contributed by atoms with Gasteiger partial charge < -0.3 is 10.2 Å². The Kier molecular flexibility index (Phi) is 2.21. The van der Waals surface area contributed by atoms with Gasteiger partial charge in [0, 0.05) is 0 Å². The Morgan fingerprint density at radius 1 is 1.40 bits per heavy atom. The largest absolute Gasteiger partial charge is 0.460 e. The van der Waals surface area contributed by atoms with E-state index < -0.39 is 0 Å². The number of rotatable bonds is 2. The molecule has 0 saturated heterocycles. The van der Waals surface area contributed by atoms with Crippen molar-refractivity contribution in [3.8, 4) is 11.5 Å². The highest BCUT2D eigenvalue weighted by atomic mass is 16.3. The fourth-order valence-corrected chi connectivity index (χ4v) is 1.24. The Morgan fingerprint density at radius 2 is 2.20 bits per heavy atom. The molecule has 0 radical (unpaired) electrons. The van der Waals surface area contributed by atoms with Crippen LogP contribution in [0.15, 0.2) is 22.6 Å². The molecule has 0 aliphatic rings. The first-order valence-electron chi connectivity index (χ1n) is 4.35. The molecule has 5 nitrogen and oxygen atoms in total. The van der Waals surface area contributed by atoms with Crippen LogP contribution in [0.25, 0.3) is 11.5 Å². The molecular weight excluding hydrogens is 194 g/mol. The van der Waals surface area contributed by atoms with Crippen molar-refractivity contribution in [3.63, 3.8) is 0 Å². The van der Waals surface area contributed by atoms with Gasteiger partial charge in [0.05, 0.1) is 0 Å². The molecule has 0 atom stereocenters. The number of hydrogen-bond donors (Lipinski definition) is 1. The van der Waals surface area contributed by atoms with E-state index in [1.807, 2.05) is 13.0 Å². The number of hydrogen-bond acceptors (Lipinski definition) is 5. The SMILES string of the molecule is Cc1ccc(-c2cc(C=O)nc(N)n2)o1. The van der Waals surface area contributed by atoms with Crippen LogP contribution in [0.3, 0.4) is 0 Å². The molecule has 0 saturated carbocycles. The smallest absolute Gasteiger partial charge is 0.221 e. The lowest BCUT2D eigenvalue weighted by Crippen LogP contribution is -1.99. The second kappa shape index (κ2) is 3.53. The van der Waals surface area contributed by atoms with Crippen LogP contribution < -0.4 is 5.73 Å². The lowest BCUT2D eigenvalue weighted by Gasteiger charge is -1.98. The Morgan fingerprint density at radius 3 is 2.80 bits per heavy atom. The zero-order valence-corrected chi connectivity index (χ0v) is 8.10. The minimum absolute atomic E-state index is 0.0589. The molecular formula is C10H9N3O2. The van der Waals surface area contributed by atoms with E-state index in [0.717, 1.165) is 5.76 Å². The van der Waals surface area contributed by atoms with Crippen LogP contribution in [0.4, 0.5) is 5.95 Å². The molecule has 15 heavy (non-hydrogen) atoms. The van der Waals surface area contributed by atoms with Crippen molar-refractivity contribution in [3.05, 3.63) is 29.7 Å². The van der Waals surface area contributed by atoms with Gasteiger partial charge in [-0.05, 0) is 25.1 Å². The molecule has 5 heteroatoms. The summed E-state index contributed by atoms with van der Waals surface area (Å²) in [4.78, 5) is 18.3. The van der Waals surface area contributed by atoms with Gasteiger partial charge in [-0.25, -0.2) is 9.97 Å². The third-order valence-corrected chi connectivity index (χ3v) is 1.88. The van der Waals surface area contributed by atoms with Crippen molar-refractivity contribution < 1.29 is 9.21 Å². The number of anilines is 1. The molecule has 0 fully saturated rings. The second-order valence-electron chi connectivity index (χ2n) is 3.06. The second-order valence-corrected chi connectivity index (χ2v) is 3.06. The number of aromatic nitrogens is 2. The van der Waals surface area contributed by atoms with E-state index in [1.165, 1.54) is 6.07 Å². The first-order chi connectivity index (χ1) is 7.19. The summed E-state index contributed by atoms with van der Waals surface area (Å²) in [6.45, 7) is 1.83. The quantitative estimate of drug-likeness (QED) is 0.747. The molecule has 2 aromatic heterocycles. The third-order valence-electron chi connectivity index (χ3n) is 1.88. The number of aryl methyl sites for hydroxylation is 1. The average Bonchev–Trinajstić information content (AvgIpc) is 2.64. The molecule has 0 aliphatic carbocycles. The fraction of sp³-hybridized carbons (Fsp3) is 0.100. The number of carbonyl (C=O) groups is 1. The fourth-order valence-electron chi connectivity index (χ4n) is 1.24. The molecule has 0 bridgehead atoms. The monoisotopic (exact) mass is 203 g/mol. The molecule has 0 amide bonds. The summed E-state index contributed by atoms with van der Waals surface area (Å²) in [5.74, 6) is 1.41. The number of furan rings is 1. The molecule has 2 rings (SSSR count). The van der Waals surface area contributed by atoms with Crippen molar-refractivity contribution in [2.45, 2.75) is 6.92 Å². The van der Waals surface area contributed by atoms with E-state index in [2.05, 4.69) is 9.97 Å². The van der Waals surface area contributed by atoms with Crippen molar-refractivity contribution in [1.29, 1.82) is 0 Å². The molecule has 76 valence electrons. The highest BCUT2D eigenvalue weighted by Crippen LogP contribution is 2.20. The number of nitrogens with zero attached hydrogens (tertiary/aromatic N) is 2. The van der Waals surface area contributed by atoms with Gasteiger partial charge in [-0.3, -0.25) is 4.79 Å². The summed E-state index contributed by atoms with van der Waals surface area (Å²) in [7, 11) is 0. The van der Waals surface area contributed by atoms with E-state index in [9.17, 15) is 4.79 Å². The maximum absolute atomic E-state index is 10.6. The van der Waals surface area contributed by atoms with Crippen LogP contribution in [-0.2, 0) is 0 Å². The van der Waals surface area contributed by atoms with E-state index in [0.29, 0.717) is 17.7 Å². The topological polar surface area (TPSA) is 82.0 Å². The van der Waals surface area contributed by atoms with Crippen molar-refractivity contribution in [1.82, 2.24) is 9.97 Å². The summed E-state index contributed by atoms with van der Waals surface area (Å²) < 4.78 is 5.36. The summed E-state index contributed by atoms with van der Waals surface area (Å²) in [5.41, 5.74) is 6.21. The van der Waals surface area contributed by atoms with Gasteiger partial charge in [0.1, 0.15) is 17.1 Å². The molecule has 2 heterocycles. The number of aldehydes is 1. The average molecular weight is 203 g/mol. The third kappa shape index (κ3) is 1.85. The summed E-state index contributed by atoms with van der Waals surface area (Å²) >= 11 is 0. The molecule has 0 spiro atoms. The summed E-state index contributed by atoms with van der Waals surface area (Å²) in [5, 5.41) is 0. The van der Waals surface area contributed by atoms with Crippen LogP contribution >= 0.6 is 0 Å². The van der Waals surface area contributed by atoms with E-state index in [1.54, 1.807) is 6.07 Å². The molecule has 0 aromatic carbocycles. The maximum atomic E-state index is 10.6. The predicted octanol–water partition coefficient (Wildman–Crippen LogP) is 1.44. The summed E-state index contributed by atoms with van der Waals surface area (Å²) in [6.07, 6.45) is 0.622. The lowest BCUT2D eigenvalue weighted by atomic mass is 10.3. The number of nitrogen functional groups attached to an aromatic ring is 1. The van der Waals surface area contributed by atoms with Crippen LogP contribution in [0, 0.1) is 6.92 Å². The predicted molar refractivity (Wildman–Crippen MR) is 54.3 cm³/mol. The molecule has 2 aromatic rings. The Hall–Kier alpha value is -2.17. The van der Waals surface area contributed by atoms with Gasteiger partial charge >= 0.3 is 0 Å². The minimum atomic E-state index is 0.0589. The van der Waals surface area contributed by atoms with Crippen LogP contribution in [0.5, 0.6) is 0 Å². The van der Waals surface area contributed by atoms with Crippen LogP contribution in [0.1, 0.15) is 16.2 Å². The number of carbonyl (C=O) groups excluding carboxylic acids is 1. The Labute approximate surface area is 86.0 Å². The van der Waals surface area contributed by atoms with E-state index in [-0.39, 0.29) is 11.6 Å². The zero-order valence-electron chi connectivity index (χ0n) is 8.10. The van der Waals surface area contributed by atoms with Crippen LogP contribution in [0.2, 0.25) is 0 Å². The highest BCUT2D eigenvalue weighted by molar-refractivity contribution is 5.74. The highest BCUT2D eigenvalue weighted by Gasteiger charge is 2.07. The first-order valence-corrected chi connectivity index (χ1v) is 4.35. The van der Waals surface area contributed by atoms with Crippen molar-refractivity contribution >= 4 is 12.2 Å². The first kappa shape index (κ1) is 9.39. The number of nitrogens with two attached hydrogens (primary N) is 1. The van der Waals surface area contributed by atoms with Gasteiger partial charge in [0.2, 0.25) is 5.95 Å². The maximum Gasteiger partial charge on any atom is 0.221 e. The van der Waals surface area contributed by atoms with Gasteiger partial charge in [-0.15, -0.1) is 0 Å².